The molecule has 3 aliphatic rings. The summed E-state index contributed by atoms with van der Waals surface area (Å²) in [6.07, 6.45) is 5.18. The SMILES string of the molecule is CN1C[C@@H]2C[C@@]3(C)[C@H](CCC[C@@H]13)N2Cc1ccccc1OCC(=O)O. The number of nitrogens with zero attached hydrogens (tertiary/aromatic N) is 2. The van der Waals surface area contributed by atoms with Crippen molar-refractivity contribution in [1.82, 2.24) is 9.80 Å². The maximum absolute atomic E-state index is 10.9. The molecule has 2 aliphatic heterocycles. The number of hydrogen-bond acceptors (Lipinski definition) is 4. The van der Waals surface area contributed by atoms with Gasteiger partial charge in [0, 0.05) is 42.2 Å². The molecule has 2 heterocycles. The quantitative estimate of drug-likeness (QED) is 0.890. The van der Waals surface area contributed by atoms with Gasteiger partial charge in [-0.1, -0.05) is 31.5 Å². The second-order valence-electron chi connectivity index (χ2n) is 8.23. The fraction of sp³-hybridized carbons (Fsp3) is 0.650. The average molecular weight is 344 g/mol. The number of aliphatic carboxylic acids is 1. The Bertz CT molecular complexity index is 664. The zero-order chi connectivity index (χ0) is 17.6. The number of benzene rings is 1. The molecule has 1 saturated carbocycles. The minimum absolute atomic E-state index is 0.285. The van der Waals surface area contributed by atoms with Crippen molar-refractivity contribution in [3.05, 3.63) is 29.8 Å². The fourth-order valence-corrected chi connectivity index (χ4v) is 5.79. The Hall–Kier alpha value is -1.59. The molecular weight excluding hydrogens is 316 g/mol. The van der Waals surface area contributed by atoms with Gasteiger partial charge in [-0.3, -0.25) is 4.90 Å². The standard InChI is InChI=1S/C20H28N2O3/c1-20-10-15-12-21(2)17(20)8-5-9-18(20)22(15)11-14-6-3-4-7-16(14)25-13-19(23)24/h3-4,6-7,15,17-18H,5,8-13H2,1-2H3,(H,23,24)/t15-,17+,18-,20+/m0/s1. The van der Waals surface area contributed by atoms with Crippen molar-refractivity contribution in [1.29, 1.82) is 0 Å². The number of fused-ring (bicyclic) bond motifs is 1. The van der Waals surface area contributed by atoms with Crippen LogP contribution in [0.2, 0.25) is 0 Å². The van der Waals surface area contributed by atoms with Crippen LogP contribution in [0.4, 0.5) is 0 Å². The molecule has 0 amide bonds. The predicted octanol–water partition coefficient (Wildman–Crippen LogP) is 2.60. The monoisotopic (exact) mass is 344 g/mol. The molecule has 1 aromatic rings. The second kappa shape index (κ2) is 6.29. The van der Waals surface area contributed by atoms with Gasteiger partial charge in [-0.2, -0.15) is 0 Å². The van der Waals surface area contributed by atoms with Crippen LogP contribution in [0.3, 0.4) is 0 Å². The topological polar surface area (TPSA) is 53.0 Å². The lowest BCUT2D eigenvalue weighted by Crippen LogP contribution is -2.54. The van der Waals surface area contributed by atoms with Crippen LogP contribution in [0.25, 0.3) is 0 Å². The number of likely N-dealkylation sites (N-methyl/N-ethyl adjacent to an activating group) is 1. The molecular formula is C20H28N2O3. The first-order valence-corrected chi connectivity index (χ1v) is 9.37. The van der Waals surface area contributed by atoms with E-state index in [-0.39, 0.29) is 6.61 Å². The number of piperidine rings is 1. The van der Waals surface area contributed by atoms with Crippen LogP contribution in [0.1, 0.15) is 38.2 Å². The highest BCUT2D eigenvalue weighted by Gasteiger charge is 2.58. The average Bonchev–Trinajstić information content (AvgIpc) is 2.84. The molecule has 136 valence electrons. The third kappa shape index (κ3) is 2.83. The fourth-order valence-electron chi connectivity index (χ4n) is 5.79. The summed E-state index contributed by atoms with van der Waals surface area (Å²) in [5.41, 5.74) is 1.48. The third-order valence-corrected chi connectivity index (χ3v) is 6.73. The van der Waals surface area contributed by atoms with Crippen LogP contribution in [0.15, 0.2) is 24.3 Å². The maximum atomic E-state index is 10.9. The van der Waals surface area contributed by atoms with Gasteiger partial charge in [0.15, 0.2) is 6.61 Å². The molecule has 4 rings (SSSR count). The van der Waals surface area contributed by atoms with Gasteiger partial charge in [-0.15, -0.1) is 0 Å². The van der Waals surface area contributed by atoms with Gasteiger partial charge in [0.25, 0.3) is 0 Å². The molecule has 0 spiro atoms. The van der Waals surface area contributed by atoms with E-state index in [4.69, 9.17) is 9.84 Å². The van der Waals surface area contributed by atoms with Crippen LogP contribution in [0.5, 0.6) is 5.75 Å². The summed E-state index contributed by atoms with van der Waals surface area (Å²) >= 11 is 0. The number of rotatable bonds is 5. The number of likely N-dealkylation sites (tertiary alicyclic amines) is 2. The van der Waals surface area contributed by atoms with Gasteiger partial charge < -0.3 is 14.7 Å². The van der Waals surface area contributed by atoms with Crippen LogP contribution < -0.4 is 4.74 Å². The highest BCUT2D eigenvalue weighted by atomic mass is 16.5. The molecule has 3 fully saturated rings. The number of ether oxygens (including phenoxy) is 1. The lowest BCUT2D eigenvalue weighted by Gasteiger charge is -2.49. The van der Waals surface area contributed by atoms with E-state index in [9.17, 15) is 4.79 Å². The van der Waals surface area contributed by atoms with E-state index in [1.54, 1.807) is 0 Å². The highest BCUT2D eigenvalue weighted by Crippen LogP contribution is 2.54. The number of para-hydroxylation sites is 1. The summed E-state index contributed by atoms with van der Waals surface area (Å²) in [6.45, 7) is 4.18. The van der Waals surface area contributed by atoms with E-state index in [0.717, 1.165) is 18.7 Å². The molecule has 2 bridgehead atoms. The smallest absolute Gasteiger partial charge is 0.341 e. The van der Waals surface area contributed by atoms with Crippen molar-refractivity contribution in [3.8, 4) is 5.75 Å². The maximum Gasteiger partial charge on any atom is 0.341 e. The summed E-state index contributed by atoms with van der Waals surface area (Å²) < 4.78 is 5.53. The first kappa shape index (κ1) is 16.9. The Balaban J connectivity index is 1.58. The van der Waals surface area contributed by atoms with Crippen molar-refractivity contribution in [3.63, 3.8) is 0 Å². The van der Waals surface area contributed by atoms with E-state index in [1.165, 1.54) is 25.7 Å². The van der Waals surface area contributed by atoms with Gasteiger partial charge >= 0.3 is 5.97 Å². The normalized spacial score (nSPS) is 34.9. The molecule has 4 atom stereocenters. The Labute approximate surface area is 149 Å². The molecule has 1 N–H and O–H groups in total. The van der Waals surface area contributed by atoms with Crippen LogP contribution in [0, 0.1) is 5.41 Å². The van der Waals surface area contributed by atoms with Gasteiger partial charge in [-0.05, 0) is 32.4 Å². The van der Waals surface area contributed by atoms with Crippen LogP contribution >= 0.6 is 0 Å². The van der Waals surface area contributed by atoms with Gasteiger partial charge in [0.2, 0.25) is 0 Å². The lowest BCUT2D eigenvalue weighted by molar-refractivity contribution is -0.139. The largest absolute Gasteiger partial charge is 0.482 e. The van der Waals surface area contributed by atoms with E-state index >= 15 is 0 Å². The molecule has 0 aromatic heterocycles. The summed E-state index contributed by atoms with van der Waals surface area (Å²) in [5, 5.41) is 8.91. The van der Waals surface area contributed by atoms with E-state index in [1.807, 2.05) is 18.2 Å². The van der Waals surface area contributed by atoms with Crippen LogP contribution in [-0.2, 0) is 11.3 Å². The molecule has 1 aliphatic carbocycles. The van der Waals surface area contributed by atoms with Crippen molar-refractivity contribution in [2.24, 2.45) is 5.41 Å². The van der Waals surface area contributed by atoms with Gasteiger partial charge in [0.1, 0.15) is 5.75 Å². The number of carbonyl (C=O) groups is 1. The van der Waals surface area contributed by atoms with E-state index in [2.05, 4.69) is 29.8 Å². The number of carboxylic acids is 1. The molecule has 5 heteroatoms. The summed E-state index contributed by atoms with van der Waals surface area (Å²) in [4.78, 5) is 16.1. The van der Waals surface area contributed by atoms with Crippen molar-refractivity contribution in [2.45, 2.75) is 57.3 Å². The highest BCUT2D eigenvalue weighted by molar-refractivity contribution is 5.68. The van der Waals surface area contributed by atoms with E-state index < -0.39 is 5.97 Å². The Kier molecular flexibility index (Phi) is 4.24. The summed E-state index contributed by atoms with van der Waals surface area (Å²) in [6, 6.07) is 9.79. The zero-order valence-corrected chi connectivity index (χ0v) is 15.1. The molecule has 2 saturated heterocycles. The zero-order valence-electron chi connectivity index (χ0n) is 15.1. The van der Waals surface area contributed by atoms with Crippen molar-refractivity contribution < 1.29 is 14.6 Å². The minimum Gasteiger partial charge on any atom is -0.482 e. The Morgan fingerprint density at radius 3 is 2.88 bits per heavy atom. The third-order valence-electron chi connectivity index (χ3n) is 6.73. The van der Waals surface area contributed by atoms with Crippen LogP contribution in [-0.4, -0.2) is 59.2 Å². The molecule has 25 heavy (non-hydrogen) atoms. The lowest BCUT2D eigenvalue weighted by atomic mass is 9.66. The second-order valence-corrected chi connectivity index (χ2v) is 8.23. The predicted molar refractivity (Wildman–Crippen MR) is 95.7 cm³/mol. The van der Waals surface area contributed by atoms with Crippen molar-refractivity contribution in [2.75, 3.05) is 20.2 Å². The number of hydrogen-bond donors (Lipinski definition) is 1. The summed E-state index contributed by atoms with van der Waals surface area (Å²) in [7, 11) is 2.28. The van der Waals surface area contributed by atoms with Crippen molar-refractivity contribution >= 4 is 5.97 Å². The number of carboxylic acid groups (broad SMARTS) is 1. The first-order valence-electron chi connectivity index (χ1n) is 9.37. The first-order chi connectivity index (χ1) is 12.0. The molecule has 1 aromatic carbocycles. The molecule has 0 unspecified atom stereocenters. The molecule has 5 nitrogen and oxygen atoms in total. The van der Waals surface area contributed by atoms with Gasteiger partial charge in [-0.25, -0.2) is 4.79 Å². The molecule has 0 radical (unpaired) electrons. The van der Waals surface area contributed by atoms with Gasteiger partial charge in [0.05, 0.1) is 0 Å². The minimum atomic E-state index is -0.934. The Morgan fingerprint density at radius 1 is 1.32 bits per heavy atom. The summed E-state index contributed by atoms with van der Waals surface area (Å²) in [5.74, 6) is -0.228. The Morgan fingerprint density at radius 2 is 2.08 bits per heavy atom. The van der Waals surface area contributed by atoms with E-state index in [0.29, 0.717) is 29.3 Å².